The first-order chi connectivity index (χ1) is 15.8. The van der Waals surface area contributed by atoms with E-state index in [1.54, 1.807) is 28.8 Å². The fourth-order valence-electron chi connectivity index (χ4n) is 3.59. The van der Waals surface area contributed by atoms with Crippen molar-refractivity contribution in [3.63, 3.8) is 0 Å². The molecule has 4 rings (SSSR count). The van der Waals surface area contributed by atoms with Gasteiger partial charge < -0.3 is 10.1 Å². The number of nitrogens with zero attached hydrogens (tertiary/aromatic N) is 5. The van der Waals surface area contributed by atoms with E-state index in [4.69, 9.17) is 16.3 Å². The highest BCUT2D eigenvalue weighted by Gasteiger charge is 2.26. The van der Waals surface area contributed by atoms with Gasteiger partial charge in [0.05, 0.1) is 24.3 Å². The largest absolute Gasteiger partial charge is 0.379 e. The van der Waals surface area contributed by atoms with Crippen LogP contribution in [0.1, 0.15) is 31.9 Å². The first-order valence-electron chi connectivity index (χ1n) is 10.7. The highest BCUT2D eigenvalue weighted by atomic mass is 35.5. The number of rotatable bonds is 7. The molecule has 1 aliphatic rings. The molecule has 12 heteroatoms. The molecule has 1 fully saturated rings. The van der Waals surface area contributed by atoms with Crippen molar-refractivity contribution in [2.24, 2.45) is 0 Å². The number of halogens is 1. The van der Waals surface area contributed by atoms with Gasteiger partial charge in [-0.15, -0.1) is 0 Å². The number of morpholine rings is 1. The number of benzene rings is 1. The summed E-state index contributed by atoms with van der Waals surface area (Å²) >= 11 is 5.93. The zero-order chi connectivity index (χ0) is 23.6. The van der Waals surface area contributed by atoms with Gasteiger partial charge in [-0.1, -0.05) is 19.1 Å². The molecule has 0 saturated carbocycles. The molecule has 33 heavy (non-hydrogen) atoms. The topological polar surface area (TPSA) is 119 Å². The number of aromatic nitrogens is 4. The van der Waals surface area contributed by atoms with E-state index in [0.717, 1.165) is 12.0 Å². The lowest BCUT2D eigenvalue weighted by molar-refractivity contribution is 0.0730. The lowest BCUT2D eigenvalue weighted by Crippen LogP contribution is -2.40. The third-order valence-electron chi connectivity index (χ3n) is 5.63. The quantitative estimate of drug-likeness (QED) is 0.499. The molecule has 0 unspecified atom stereocenters. The van der Waals surface area contributed by atoms with Gasteiger partial charge in [0.15, 0.2) is 11.5 Å². The van der Waals surface area contributed by atoms with Crippen LogP contribution in [0.4, 0.5) is 5.82 Å². The van der Waals surface area contributed by atoms with Crippen LogP contribution in [-0.4, -0.2) is 58.5 Å². The molecular formula is C21H25ClN6O4S. The average Bonchev–Trinajstić information content (AvgIpc) is 2.83. The van der Waals surface area contributed by atoms with Gasteiger partial charge in [0, 0.05) is 25.7 Å². The van der Waals surface area contributed by atoms with Gasteiger partial charge in [0.2, 0.25) is 15.3 Å². The van der Waals surface area contributed by atoms with Crippen molar-refractivity contribution >= 4 is 38.6 Å². The molecule has 2 aromatic heterocycles. The summed E-state index contributed by atoms with van der Waals surface area (Å²) in [5.41, 5.74) is 1.34. The fraction of sp³-hybridized carbons (Fsp3) is 0.429. The molecule has 0 radical (unpaired) electrons. The summed E-state index contributed by atoms with van der Waals surface area (Å²) in [4.78, 5) is 25.9. The molecular weight excluding hydrogens is 468 g/mol. The summed E-state index contributed by atoms with van der Waals surface area (Å²) in [6.07, 6.45) is 2.21. The summed E-state index contributed by atoms with van der Waals surface area (Å²) in [5.74, 6) is 0.165. The van der Waals surface area contributed by atoms with E-state index in [0.29, 0.717) is 44.0 Å². The van der Waals surface area contributed by atoms with Crippen molar-refractivity contribution in [3.05, 3.63) is 51.7 Å². The van der Waals surface area contributed by atoms with Crippen LogP contribution >= 0.6 is 11.6 Å². The highest BCUT2D eigenvalue weighted by Crippen LogP contribution is 2.20. The molecule has 0 amide bonds. The van der Waals surface area contributed by atoms with Gasteiger partial charge in [0.1, 0.15) is 5.52 Å². The molecule has 1 aromatic carbocycles. The standard InChI is InChI=1S/C21H25ClN6O4S/c1-3-14(2)28-19-17(13-24-21(22)26-19)25-18(20(28)29)23-12-15-4-6-16(7-5-15)33(30,31)27-8-10-32-11-9-27/h4-7,13-14H,3,8-12H2,1-2H3,(H,23,25)/t14-/m1/s1. The Morgan fingerprint density at radius 3 is 2.55 bits per heavy atom. The number of ether oxygens (including phenoxy) is 1. The Hall–Kier alpha value is -2.60. The van der Waals surface area contributed by atoms with E-state index < -0.39 is 10.0 Å². The molecule has 0 aliphatic carbocycles. The number of sulfonamides is 1. The summed E-state index contributed by atoms with van der Waals surface area (Å²) in [5, 5.41) is 3.12. The number of hydrogen-bond donors (Lipinski definition) is 1. The number of nitrogens with one attached hydrogen (secondary N) is 1. The molecule has 1 aliphatic heterocycles. The maximum absolute atomic E-state index is 13.1. The maximum atomic E-state index is 13.1. The van der Waals surface area contributed by atoms with E-state index in [1.807, 2.05) is 13.8 Å². The fourth-order valence-corrected chi connectivity index (χ4v) is 5.12. The smallest absolute Gasteiger partial charge is 0.295 e. The zero-order valence-corrected chi connectivity index (χ0v) is 19.9. The van der Waals surface area contributed by atoms with E-state index in [-0.39, 0.29) is 27.6 Å². The molecule has 1 saturated heterocycles. The van der Waals surface area contributed by atoms with Crippen molar-refractivity contribution < 1.29 is 13.2 Å². The third-order valence-corrected chi connectivity index (χ3v) is 7.72. The van der Waals surface area contributed by atoms with Crippen molar-refractivity contribution in [3.8, 4) is 0 Å². The van der Waals surface area contributed by atoms with Gasteiger partial charge in [-0.05, 0) is 42.6 Å². The number of anilines is 1. The van der Waals surface area contributed by atoms with Crippen LogP contribution in [0, 0.1) is 0 Å². The third kappa shape index (κ3) is 4.86. The SMILES string of the molecule is CC[C@@H](C)n1c(=O)c(NCc2ccc(S(=O)(=O)N3CCOCC3)cc2)nc2cnc(Cl)nc21. The minimum absolute atomic E-state index is 0.0496. The van der Waals surface area contributed by atoms with Crippen LogP contribution in [0.15, 0.2) is 40.2 Å². The molecule has 1 atom stereocenters. The Balaban J connectivity index is 1.57. The van der Waals surface area contributed by atoms with Gasteiger partial charge in [-0.3, -0.25) is 9.36 Å². The van der Waals surface area contributed by atoms with Crippen molar-refractivity contribution in [2.45, 2.75) is 37.8 Å². The van der Waals surface area contributed by atoms with E-state index in [9.17, 15) is 13.2 Å². The summed E-state index contributed by atoms with van der Waals surface area (Å²) in [7, 11) is -3.56. The Morgan fingerprint density at radius 1 is 1.18 bits per heavy atom. The monoisotopic (exact) mass is 492 g/mol. The Kier molecular flexibility index (Phi) is 6.94. The lowest BCUT2D eigenvalue weighted by atomic mass is 10.2. The maximum Gasteiger partial charge on any atom is 0.295 e. The van der Waals surface area contributed by atoms with Crippen LogP contribution in [0.5, 0.6) is 0 Å². The normalized spacial score (nSPS) is 16.1. The summed E-state index contributed by atoms with van der Waals surface area (Å²) < 4.78 is 33.8. The zero-order valence-electron chi connectivity index (χ0n) is 18.4. The molecule has 3 aromatic rings. The van der Waals surface area contributed by atoms with Gasteiger partial charge in [0.25, 0.3) is 5.56 Å². The second-order valence-electron chi connectivity index (χ2n) is 7.75. The Labute approximate surface area is 196 Å². The Bertz CT molecular complexity index is 1310. The molecule has 10 nitrogen and oxygen atoms in total. The van der Waals surface area contributed by atoms with E-state index >= 15 is 0 Å². The average molecular weight is 493 g/mol. The Morgan fingerprint density at radius 2 is 1.88 bits per heavy atom. The number of fused-ring (bicyclic) bond motifs is 1. The molecule has 0 bridgehead atoms. The summed E-state index contributed by atoms with van der Waals surface area (Å²) in [6, 6.07) is 6.47. The van der Waals surface area contributed by atoms with Crippen LogP contribution < -0.4 is 10.9 Å². The molecule has 3 heterocycles. The predicted molar refractivity (Wildman–Crippen MR) is 125 cm³/mol. The minimum atomic E-state index is -3.56. The van der Waals surface area contributed by atoms with Crippen LogP contribution in [0.3, 0.4) is 0 Å². The lowest BCUT2D eigenvalue weighted by Gasteiger charge is -2.26. The van der Waals surface area contributed by atoms with Crippen LogP contribution in [0.25, 0.3) is 11.2 Å². The first kappa shape index (κ1) is 23.6. The van der Waals surface area contributed by atoms with Crippen LogP contribution in [0.2, 0.25) is 5.28 Å². The second-order valence-corrected chi connectivity index (χ2v) is 10.0. The van der Waals surface area contributed by atoms with Gasteiger partial charge in [-0.25, -0.2) is 18.4 Å². The van der Waals surface area contributed by atoms with Crippen molar-refractivity contribution in [1.29, 1.82) is 0 Å². The predicted octanol–water partition coefficient (Wildman–Crippen LogP) is 2.44. The molecule has 1 N–H and O–H groups in total. The number of hydrogen-bond acceptors (Lipinski definition) is 8. The first-order valence-corrected chi connectivity index (χ1v) is 12.5. The highest BCUT2D eigenvalue weighted by molar-refractivity contribution is 7.89. The van der Waals surface area contributed by atoms with E-state index in [1.165, 1.54) is 10.5 Å². The van der Waals surface area contributed by atoms with Gasteiger partial charge in [-0.2, -0.15) is 9.29 Å². The van der Waals surface area contributed by atoms with Gasteiger partial charge >= 0.3 is 0 Å². The molecule has 0 spiro atoms. The molecule has 176 valence electrons. The van der Waals surface area contributed by atoms with Crippen molar-refractivity contribution in [2.75, 3.05) is 31.6 Å². The van der Waals surface area contributed by atoms with Crippen molar-refractivity contribution in [1.82, 2.24) is 23.8 Å². The minimum Gasteiger partial charge on any atom is -0.379 e. The van der Waals surface area contributed by atoms with Crippen LogP contribution in [-0.2, 0) is 21.3 Å². The second kappa shape index (κ2) is 9.72. The summed E-state index contributed by atoms with van der Waals surface area (Å²) in [6.45, 7) is 5.67. The van der Waals surface area contributed by atoms with E-state index in [2.05, 4.69) is 20.3 Å².